The van der Waals surface area contributed by atoms with Gasteiger partial charge in [-0.25, -0.2) is 4.79 Å². The monoisotopic (exact) mass is 265 g/mol. The van der Waals surface area contributed by atoms with Crippen LogP contribution in [0.5, 0.6) is 0 Å². The fourth-order valence-corrected chi connectivity index (χ4v) is 3.35. The lowest BCUT2D eigenvalue weighted by molar-refractivity contribution is -0.144. The molecular formula is C14H19NO2S. The molecule has 0 spiro atoms. The molecule has 0 radical (unpaired) electrons. The van der Waals surface area contributed by atoms with E-state index in [1.54, 1.807) is 11.8 Å². The Morgan fingerprint density at radius 1 is 1.44 bits per heavy atom. The van der Waals surface area contributed by atoms with Crippen LogP contribution < -0.4 is 5.73 Å². The highest BCUT2D eigenvalue weighted by Crippen LogP contribution is 2.40. The van der Waals surface area contributed by atoms with E-state index in [-0.39, 0.29) is 5.41 Å². The predicted octanol–water partition coefficient (Wildman–Crippen LogP) is 2.72. The molecule has 1 unspecified atom stereocenters. The molecule has 0 saturated heterocycles. The summed E-state index contributed by atoms with van der Waals surface area (Å²) in [7, 11) is 0. The summed E-state index contributed by atoms with van der Waals surface area (Å²) >= 11 is 1.68. The van der Waals surface area contributed by atoms with Gasteiger partial charge in [-0.2, -0.15) is 0 Å². The highest BCUT2D eigenvalue weighted by atomic mass is 32.2. The molecule has 0 amide bonds. The first-order chi connectivity index (χ1) is 8.25. The molecule has 1 atom stereocenters. The van der Waals surface area contributed by atoms with Crippen LogP contribution in [0.2, 0.25) is 0 Å². The average molecular weight is 265 g/mol. The van der Waals surface area contributed by atoms with Gasteiger partial charge in [-0.1, -0.05) is 32.9 Å². The lowest BCUT2D eigenvalue weighted by atomic mass is 9.81. The molecule has 1 aromatic carbocycles. The Bertz CT molecular complexity index is 493. The van der Waals surface area contributed by atoms with Crippen LogP contribution in [0.25, 0.3) is 0 Å². The number of hydrogen-bond donors (Lipinski definition) is 2. The number of aliphatic carboxylic acids is 1. The number of fused-ring (bicyclic) bond motifs is 1. The van der Waals surface area contributed by atoms with E-state index in [1.807, 2.05) is 12.1 Å². The van der Waals surface area contributed by atoms with Crippen molar-refractivity contribution in [2.75, 3.05) is 5.75 Å². The second kappa shape index (κ2) is 4.28. The number of carbonyl (C=O) groups is 1. The van der Waals surface area contributed by atoms with Gasteiger partial charge in [-0.15, -0.1) is 11.8 Å². The average Bonchev–Trinajstić information content (AvgIpc) is 2.27. The smallest absolute Gasteiger partial charge is 0.328 e. The van der Waals surface area contributed by atoms with Crippen molar-refractivity contribution in [3.63, 3.8) is 0 Å². The number of carboxylic acid groups (broad SMARTS) is 1. The minimum absolute atomic E-state index is 0.00342. The molecule has 1 aliphatic heterocycles. The third-order valence-electron chi connectivity index (χ3n) is 3.46. The number of benzene rings is 1. The van der Waals surface area contributed by atoms with Crippen molar-refractivity contribution in [3.05, 3.63) is 29.3 Å². The fourth-order valence-electron chi connectivity index (χ4n) is 2.15. The summed E-state index contributed by atoms with van der Waals surface area (Å²) in [5.74, 6) is -0.180. The van der Waals surface area contributed by atoms with E-state index in [1.165, 1.54) is 0 Å². The van der Waals surface area contributed by atoms with E-state index in [0.29, 0.717) is 6.42 Å². The molecule has 3 nitrogen and oxygen atoms in total. The number of thioether (sulfide) groups is 1. The van der Waals surface area contributed by atoms with Gasteiger partial charge in [-0.3, -0.25) is 0 Å². The van der Waals surface area contributed by atoms with Crippen LogP contribution >= 0.6 is 11.8 Å². The summed E-state index contributed by atoms with van der Waals surface area (Å²) in [4.78, 5) is 12.5. The third kappa shape index (κ3) is 2.15. The first-order valence-electron chi connectivity index (χ1n) is 6.05. The Labute approximate surface area is 112 Å². The largest absolute Gasteiger partial charge is 0.480 e. The van der Waals surface area contributed by atoms with E-state index < -0.39 is 11.5 Å². The number of carboxylic acids is 1. The molecule has 3 N–H and O–H groups in total. The molecule has 18 heavy (non-hydrogen) atoms. The summed E-state index contributed by atoms with van der Waals surface area (Å²) in [5, 5.41) is 9.40. The van der Waals surface area contributed by atoms with Gasteiger partial charge in [-0.05, 0) is 29.0 Å². The zero-order valence-electron chi connectivity index (χ0n) is 11.0. The van der Waals surface area contributed by atoms with Gasteiger partial charge < -0.3 is 10.8 Å². The minimum atomic E-state index is -1.23. The van der Waals surface area contributed by atoms with Gasteiger partial charge in [0.25, 0.3) is 0 Å². The number of nitrogens with two attached hydrogens (primary N) is 1. The van der Waals surface area contributed by atoms with Crippen molar-refractivity contribution in [1.82, 2.24) is 0 Å². The summed E-state index contributed by atoms with van der Waals surface area (Å²) in [6.07, 6.45) is 0.480. The van der Waals surface area contributed by atoms with Crippen molar-refractivity contribution in [1.29, 1.82) is 0 Å². The van der Waals surface area contributed by atoms with E-state index in [4.69, 9.17) is 5.73 Å². The second-order valence-electron chi connectivity index (χ2n) is 5.84. The van der Waals surface area contributed by atoms with Crippen LogP contribution in [0.1, 0.15) is 38.3 Å². The molecule has 98 valence electrons. The van der Waals surface area contributed by atoms with Crippen molar-refractivity contribution in [2.45, 2.75) is 43.0 Å². The SMILES string of the molecule is CC(C)(C)c1ccc2c(c1)C(N)(C(=O)O)CCS2. The maximum absolute atomic E-state index is 11.5. The molecule has 0 aromatic heterocycles. The molecule has 0 fully saturated rings. The number of rotatable bonds is 1. The fraction of sp³-hybridized carbons (Fsp3) is 0.500. The van der Waals surface area contributed by atoms with Gasteiger partial charge in [0.15, 0.2) is 0 Å². The van der Waals surface area contributed by atoms with Crippen LogP contribution in [0.15, 0.2) is 23.1 Å². The van der Waals surface area contributed by atoms with E-state index >= 15 is 0 Å². The van der Waals surface area contributed by atoms with Crippen LogP contribution in [0, 0.1) is 0 Å². The van der Waals surface area contributed by atoms with Gasteiger partial charge in [0.05, 0.1) is 0 Å². The van der Waals surface area contributed by atoms with E-state index in [0.717, 1.165) is 21.8 Å². The van der Waals surface area contributed by atoms with Gasteiger partial charge in [0.1, 0.15) is 5.54 Å². The van der Waals surface area contributed by atoms with Gasteiger partial charge in [0, 0.05) is 10.6 Å². The lowest BCUT2D eigenvalue weighted by Crippen LogP contribution is -2.47. The minimum Gasteiger partial charge on any atom is -0.480 e. The molecule has 0 saturated carbocycles. The summed E-state index contributed by atoms with van der Waals surface area (Å²) < 4.78 is 0. The van der Waals surface area contributed by atoms with Crippen LogP contribution in [0.4, 0.5) is 0 Å². The predicted molar refractivity (Wildman–Crippen MR) is 74.0 cm³/mol. The molecule has 4 heteroatoms. The Morgan fingerprint density at radius 2 is 2.11 bits per heavy atom. The standard InChI is InChI=1S/C14H19NO2S/c1-13(2,3)9-4-5-11-10(8-9)14(15,12(16)17)6-7-18-11/h4-5,8H,6-7,15H2,1-3H3,(H,16,17). The van der Waals surface area contributed by atoms with Crippen molar-refractivity contribution >= 4 is 17.7 Å². The second-order valence-corrected chi connectivity index (χ2v) is 6.97. The first-order valence-corrected chi connectivity index (χ1v) is 7.04. The van der Waals surface area contributed by atoms with Crippen LogP contribution in [-0.4, -0.2) is 16.8 Å². The Hall–Kier alpha value is -1.00. The summed E-state index contributed by atoms with van der Waals surface area (Å²) in [6, 6.07) is 6.04. The zero-order chi connectivity index (χ0) is 13.6. The van der Waals surface area contributed by atoms with E-state index in [9.17, 15) is 9.90 Å². The zero-order valence-corrected chi connectivity index (χ0v) is 11.8. The topological polar surface area (TPSA) is 63.3 Å². The van der Waals surface area contributed by atoms with Gasteiger partial charge >= 0.3 is 5.97 Å². The Balaban J connectivity index is 2.59. The highest BCUT2D eigenvalue weighted by Gasteiger charge is 2.40. The summed E-state index contributed by atoms with van der Waals surface area (Å²) in [5.41, 5.74) is 6.76. The lowest BCUT2D eigenvalue weighted by Gasteiger charge is -2.33. The van der Waals surface area contributed by atoms with E-state index in [2.05, 4.69) is 26.8 Å². The molecule has 0 aliphatic carbocycles. The Kier molecular flexibility index (Phi) is 3.19. The molecule has 2 rings (SSSR count). The van der Waals surface area contributed by atoms with Crippen LogP contribution in [-0.2, 0) is 15.7 Å². The molecular weight excluding hydrogens is 246 g/mol. The summed E-state index contributed by atoms with van der Waals surface area (Å²) in [6.45, 7) is 6.34. The normalized spacial score (nSPS) is 23.6. The van der Waals surface area contributed by atoms with Crippen molar-refractivity contribution in [3.8, 4) is 0 Å². The quantitative estimate of drug-likeness (QED) is 0.819. The highest BCUT2D eigenvalue weighted by molar-refractivity contribution is 7.99. The molecule has 1 aliphatic rings. The van der Waals surface area contributed by atoms with Crippen LogP contribution in [0.3, 0.4) is 0 Å². The first kappa shape index (κ1) is 13.4. The maximum atomic E-state index is 11.5. The number of hydrogen-bond acceptors (Lipinski definition) is 3. The van der Waals surface area contributed by atoms with Crippen molar-refractivity contribution in [2.24, 2.45) is 5.73 Å². The van der Waals surface area contributed by atoms with Crippen molar-refractivity contribution < 1.29 is 9.90 Å². The molecule has 1 aromatic rings. The Morgan fingerprint density at radius 3 is 2.67 bits per heavy atom. The maximum Gasteiger partial charge on any atom is 0.328 e. The molecule has 1 heterocycles. The third-order valence-corrected chi connectivity index (χ3v) is 4.54. The van der Waals surface area contributed by atoms with Gasteiger partial charge in [0.2, 0.25) is 0 Å². The molecule has 0 bridgehead atoms.